The molecule has 0 aliphatic rings. The van der Waals surface area contributed by atoms with E-state index in [4.69, 9.17) is 44.3 Å². The minimum Gasteiger partial charge on any atom is -2.00 e. The fourth-order valence-electron chi connectivity index (χ4n) is 0.431. The maximum Gasteiger partial charge on any atom is 4.00 e. The van der Waals surface area contributed by atoms with Gasteiger partial charge in [-0.15, -0.1) is 72.8 Å². The van der Waals surface area contributed by atoms with E-state index in [-0.39, 0.29) is 425 Å². The molecule has 0 bridgehead atoms. The van der Waals surface area contributed by atoms with Crippen molar-refractivity contribution >= 4 is 29.8 Å². The number of carbonyl (C=O) groups excluding carboxylic acids is 5. The third kappa shape index (κ3) is 16700. The molecule has 0 saturated carbocycles. The van der Waals surface area contributed by atoms with Gasteiger partial charge in [-0.1, -0.05) is 270 Å². The van der Waals surface area contributed by atoms with Gasteiger partial charge in [-0.05, 0) is 48.5 Å². The molecule has 0 aliphatic carbocycles. The van der Waals surface area contributed by atoms with Crippen LogP contribution in [0.4, 0.5) is 0 Å². The van der Waals surface area contributed by atoms with Gasteiger partial charge in [-0.25, -0.2) is 0 Å². The first-order valence-electron chi connectivity index (χ1n) is 28.4. The molecule has 0 atom stereocenters. The van der Waals surface area contributed by atoms with Crippen molar-refractivity contribution in [1.29, 1.82) is 0 Å². The summed E-state index contributed by atoms with van der Waals surface area (Å²) in [6, 6.07) is 0. The van der Waals surface area contributed by atoms with Gasteiger partial charge in [-0.2, -0.15) is 0 Å². The molecule has 0 aromatic heterocycles. The van der Waals surface area contributed by atoms with E-state index in [0.717, 1.165) is 27.7 Å². The molecule has 0 rings (SSSR count). The summed E-state index contributed by atoms with van der Waals surface area (Å²) in [5, 5.41) is 167. The summed E-state index contributed by atoms with van der Waals surface area (Å²) in [7, 11) is 0. The van der Waals surface area contributed by atoms with Crippen LogP contribution >= 0.6 is 0 Å². The van der Waals surface area contributed by atoms with Crippen LogP contribution in [0.3, 0.4) is 0 Å². The van der Waals surface area contributed by atoms with Crippen LogP contribution in [0.25, 0.3) is 0 Å². The first kappa shape index (κ1) is 356. The molecule has 123 heavy (non-hydrogen) atoms. The molecule has 0 saturated heterocycles. The van der Waals surface area contributed by atoms with Gasteiger partial charge in [0.15, 0.2) is 0 Å². The number of ether oxygens (including phenoxy) is 1. The summed E-state index contributed by atoms with van der Waals surface area (Å²) >= 11 is 0. The Hall–Kier alpha value is 6.03. The Morgan fingerprint density at radius 3 is 0.179 bits per heavy atom. The number of hydrogen-bond acceptors (Lipinski definition) is 24. The van der Waals surface area contributed by atoms with Gasteiger partial charge in [0.2, 0.25) is 0 Å². The van der Waals surface area contributed by atoms with E-state index >= 15 is 0 Å². The van der Waals surface area contributed by atoms with E-state index < -0.39 is 96.7 Å². The van der Waals surface area contributed by atoms with E-state index in [0.29, 0.717) is 0 Å². The Bertz CT molecular complexity index is 1160. The zero-order valence-corrected chi connectivity index (χ0v) is 103. The van der Waals surface area contributed by atoms with Crippen LogP contribution < -0.4 is 86.8 Å². The third-order valence-corrected chi connectivity index (χ3v) is 0.450. The maximum absolute atomic E-state index is 10.2. The summed E-state index contributed by atoms with van der Waals surface area (Å²) < 4.78 is 4.80. The van der Waals surface area contributed by atoms with Crippen LogP contribution in [0, 0.1) is 0 Å². The fourth-order valence-corrected chi connectivity index (χ4v) is 0.431. The normalized spacial score (nSPS) is 7.87. The smallest absolute Gasteiger partial charge is 2.00 e. The molecule has 1 N–H and O–H groups in total. The quantitative estimate of drug-likeness (QED) is 0.164. The van der Waals surface area contributed by atoms with Gasteiger partial charge in [0.25, 0.3) is 0 Å². The SMILES string of the molecule is CC(=O)OC(C)(C)C.CC(=O)[O-].CC(=O)[O-].CC(=O)[O-].CC(=O)[O-].CC(C)(C)[O-].CC(C)(C)[O-].CC(C)(C)[O-].CC(C)(C)[O-].CC(C)(C)[O-].CC(C)(C)[O-].CC(C)(C)[O-].CC(C)(C)[O-].CC(C)(C)[O-].CC(C)(C)[O-].CC(C)(C)[O-].CC(C)(C)[O-].CC(C)(C)[O-].[O-2].[O-2].[O-2].[O-2].[O-2].[O-2].[O-2].[O-2].[O-2].[O-2].[O-2].[O-2].[O-2].[O-2].[O-2].[O-2].[O-2].[O-2].[O-2].[OH-].[Ti+4].[Ti+4].[Ti+4].[Ti+4].[Ti+4].[Ti+4].[Ti+4].[Ti+4].[Ti+4].[Ti+4].[Ti+4].[Ti+4].[Ti+4].[Ti+4]. The summed E-state index contributed by atoms with van der Waals surface area (Å²) in [5.41, 5.74) is -10.1. The third-order valence-electron chi connectivity index (χ3n) is 0.450. The number of esters is 1. The van der Waals surface area contributed by atoms with Crippen molar-refractivity contribution in [2.24, 2.45) is 0 Å². The predicted octanol–water partition coefficient (Wildman–Crippen LogP) is -4.21. The van der Waals surface area contributed by atoms with Gasteiger partial charge >= 0.3 is 310 Å². The number of carboxylic acids is 4. The van der Waals surface area contributed by atoms with Crippen molar-refractivity contribution in [2.75, 3.05) is 0 Å². The molecule has 0 heterocycles. The molecular weight excluding hydrogens is 2150 g/mol. The van der Waals surface area contributed by atoms with Gasteiger partial charge in [0.1, 0.15) is 5.60 Å². The van der Waals surface area contributed by atoms with E-state index in [1.807, 2.05) is 20.8 Å². The van der Waals surface area contributed by atoms with Crippen molar-refractivity contribution in [3.05, 3.63) is 0 Å². The standard InChI is InChI=1S/C6H12O2.13C4H9O.4C2H4O2.H2O.19O.14Ti/c1-5(7)8-6(2,3)4;13*1-4(2,3)5;4*1-2(3)4;;;;;;;;;;;;;;;;;;;;;;;;;;;;;;;;;;/h1-4H3;13*1-3H3;4*1H3,(H,3,4);1H2;;;;;;;;;;;;;;;;;;;;;;;;;;;;;;;;;/q;13*-1;;;;;;19*-2;14*+4/p-5. The average molecular weight is 2290 g/mol. The molecule has 0 unspecified atom stereocenters. The van der Waals surface area contributed by atoms with Crippen molar-refractivity contribution < 1.29 is 529 Å². The van der Waals surface area contributed by atoms with Crippen molar-refractivity contribution in [2.45, 2.75) is 404 Å². The zero-order valence-electron chi connectivity index (χ0n) is 81.1. The minimum atomic E-state index is -1.08. The minimum absolute atomic E-state index is 0. The van der Waals surface area contributed by atoms with Gasteiger partial charge in [0.05, 0.1) is 0 Å². The van der Waals surface area contributed by atoms with Crippen LogP contribution in [0.1, 0.15) is 325 Å². The molecule has 57 heteroatoms. The number of aliphatic carboxylic acids is 4. The average Bonchev–Trinajstić information content (AvgIpc) is 2.87. The molecule has 0 radical (unpaired) electrons. The van der Waals surface area contributed by atoms with E-state index in [2.05, 4.69) is 0 Å². The van der Waals surface area contributed by atoms with E-state index in [1.54, 1.807) is 270 Å². The molecular formula is C66H142O43Ti14. The Balaban J connectivity index is -0.00000000855. The summed E-state index contributed by atoms with van der Waals surface area (Å²) in [6.45, 7) is 74.5. The predicted molar refractivity (Wildman–Crippen MR) is 346 cm³/mol. The first-order chi connectivity index (χ1) is 36.3. The molecule has 0 spiro atoms. The molecule has 0 fully saturated rings. The van der Waals surface area contributed by atoms with Gasteiger partial charge in [0, 0.05) is 30.8 Å². The molecule has 0 aromatic carbocycles. The molecule has 720 valence electrons. The zero-order chi connectivity index (χ0) is 79.6. The number of carboxylic acid groups (broad SMARTS) is 4. The second-order valence-electron chi connectivity index (χ2n) is 32.1. The van der Waals surface area contributed by atoms with E-state index in [9.17, 15) is 71.2 Å². The first-order valence-corrected chi connectivity index (χ1v) is 28.4. The largest absolute Gasteiger partial charge is 4.00 e. The fraction of sp³-hybridized carbons (Fsp3) is 0.924. The Labute approximate surface area is 951 Å². The van der Waals surface area contributed by atoms with Crippen LogP contribution in [-0.2, 0) is 437 Å². The number of hydrogen-bond donors (Lipinski definition) is 0. The van der Waals surface area contributed by atoms with Crippen LogP contribution in [0.15, 0.2) is 0 Å². The Morgan fingerprint density at radius 1 is 0.154 bits per heavy atom. The summed E-state index contributed by atoms with van der Waals surface area (Å²) in [4.78, 5) is 45.8. The molecule has 0 aromatic rings. The van der Waals surface area contributed by atoms with E-state index in [1.165, 1.54) is 6.92 Å². The monoisotopic (exact) mass is 2290 g/mol. The Morgan fingerprint density at radius 2 is 0.179 bits per heavy atom. The second kappa shape index (κ2) is 184. The van der Waals surface area contributed by atoms with Crippen molar-refractivity contribution in [3.63, 3.8) is 0 Å². The van der Waals surface area contributed by atoms with Crippen LogP contribution in [0.5, 0.6) is 0 Å². The summed E-state index contributed by atoms with van der Waals surface area (Å²) in [6.07, 6.45) is 0. The number of rotatable bonds is 0. The maximum atomic E-state index is 10.2. The molecule has 0 aliphatic heterocycles. The van der Waals surface area contributed by atoms with Gasteiger partial charge < -0.3 is 220 Å². The topological polar surface area (TPSA) is 1060 Å². The second-order valence-corrected chi connectivity index (χ2v) is 32.1. The van der Waals surface area contributed by atoms with Crippen LogP contribution in [-0.4, -0.2) is 114 Å². The van der Waals surface area contributed by atoms with Crippen LogP contribution in [0.2, 0.25) is 0 Å². The van der Waals surface area contributed by atoms with Crippen molar-refractivity contribution in [3.8, 4) is 0 Å². The Kier molecular flexibility index (Phi) is 533. The number of carbonyl (C=O) groups is 5. The molecule has 0 amide bonds. The van der Waals surface area contributed by atoms with Gasteiger partial charge in [-0.3, -0.25) is 4.79 Å². The molecule has 43 nitrogen and oxygen atoms in total. The van der Waals surface area contributed by atoms with Crippen molar-refractivity contribution in [1.82, 2.24) is 0 Å². The summed E-state index contributed by atoms with van der Waals surface area (Å²) in [5.74, 6) is -4.56.